The first kappa shape index (κ1) is 11.4. The Labute approximate surface area is 93.2 Å². The Bertz CT molecular complexity index is 231. The van der Waals surface area contributed by atoms with E-state index in [4.69, 9.17) is 5.73 Å². The van der Waals surface area contributed by atoms with Gasteiger partial charge in [-0.3, -0.25) is 0 Å². The van der Waals surface area contributed by atoms with Gasteiger partial charge >= 0.3 is 0 Å². The monoisotopic (exact) mass is 211 g/mol. The van der Waals surface area contributed by atoms with Crippen LogP contribution in [-0.4, -0.2) is 17.3 Å². The fourth-order valence-corrected chi connectivity index (χ4v) is 3.81. The summed E-state index contributed by atoms with van der Waals surface area (Å²) in [6.07, 6.45) is 6.93. The minimum Gasteiger partial charge on any atom is -0.389 e. The Balaban J connectivity index is 2.23. The summed E-state index contributed by atoms with van der Waals surface area (Å²) in [5.74, 6) is 1.06. The van der Waals surface area contributed by atoms with Crippen LogP contribution in [0.5, 0.6) is 0 Å². The zero-order chi connectivity index (χ0) is 11.1. The van der Waals surface area contributed by atoms with E-state index in [1.807, 2.05) is 0 Å². The molecule has 88 valence electrons. The first-order valence-corrected chi connectivity index (χ1v) is 6.48. The molecule has 0 amide bonds. The van der Waals surface area contributed by atoms with E-state index in [0.29, 0.717) is 18.4 Å². The third kappa shape index (κ3) is 1.45. The summed E-state index contributed by atoms with van der Waals surface area (Å²) < 4.78 is 0. The summed E-state index contributed by atoms with van der Waals surface area (Å²) >= 11 is 0. The molecular formula is C13H25NO. The molecule has 15 heavy (non-hydrogen) atoms. The van der Waals surface area contributed by atoms with Crippen LogP contribution in [0.15, 0.2) is 0 Å². The number of hydrogen-bond donors (Lipinski definition) is 2. The van der Waals surface area contributed by atoms with Gasteiger partial charge in [0.2, 0.25) is 0 Å². The van der Waals surface area contributed by atoms with E-state index in [1.165, 1.54) is 19.3 Å². The zero-order valence-electron chi connectivity index (χ0n) is 10.1. The highest BCUT2D eigenvalue weighted by Gasteiger charge is 2.57. The summed E-state index contributed by atoms with van der Waals surface area (Å²) in [6, 6.07) is 0. The van der Waals surface area contributed by atoms with Gasteiger partial charge < -0.3 is 10.8 Å². The van der Waals surface area contributed by atoms with Crippen molar-refractivity contribution in [3.05, 3.63) is 0 Å². The number of aliphatic hydroxyl groups is 1. The van der Waals surface area contributed by atoms with Crippen LogP contribution in [0.3, 0.4) is 0 Å². The fraction of sp³-hybridized carbons (Fsp3) is 1.00. The number of nitrogens with two attached hydrogens (primary N) is 1. The molecule has 2 aliphatic carbocycles. The summed E-state index contributed by atoms with van der Waals surface area (Å²) in [5, 5.41) is 11.0. The third-order valence-electron chi connectivity index (χ3n) is 5.44. The third-order valence-corrected chi connectivity index (χ3v) is 5.44. The van der Waals surface area contributed by atoms with Crippen molar-refractivity contribution in [3.63, 3.8) is 0 Å². The average molecular weight is 211 g/mol. The minimum absolute atomic E-state index is 0.0566. The Hall–Kier alpha value is -0.0800. The summed E-state index contributed by atoms with van der Waals surface area (Å²) in [6.45, 7) is 5.16. The van der Waals surface area contributed by atoms with E-state index in [0.717, 1.165) is 19.3 Å². The predicted molar refractivity (Wildman–Crippen MR) is 62.5 cm³/mol. The van der Waals surface area contributed by atoms with Gasteiger partial charge in [0.15, 0.2) is 0 Å². The van der Waals surface area contributed by atoms with Crippen LogP contribution in [-0.2, 0) is 0 Å². The van der Waals surface area contributed by atoms with Gasteiger partial charge in [0.1, 0.15) is 0 Å². The van der Waals surface area contributed by atoms with Crippen LogP contribution >= 0.6 is 0 Å². The van der Waals surface area contributed by atoms with Gasteiger partial charge in [-0.1, -0.05) is 33.1 Å². The SMILES string of the molecule is CC1CCCC(O)(C2(CN)CCC2)C1C. The Morgan fingerprint density at radius 3 is 2.33 bits per heavy atom. The Kier molecular flexibility index (Phi) is 2.85. The van der Waals surface area contributed by atoms with E-state index >= 15 is 0 Å². The molecule has 3 atom stereocenters. The topological polar surface area (TPSA) is 46.2 Å². The fourth-order valence-electron chi connectivity index (χ4n) is 3.81. The van der Waals surface area contributed by atoms with Gasteiger partial charge in [-0.15, -0.1) is 0 Å². The maximum atomic E-state index is 11.0. The van der Waals surface area contributed by atoms with Crippen LogP contribution in [0.1, 0.15) is 52.4 Å². The van der Waals surface area contributed by atoms with Gasteiger partial charge in [-0.05, 0) is 31.1 Å². The molecule has 0 radical (unpaired) electrons. The summed E-state index contributed by atoms with van der Waals surface area (Å²) in [7, 11) is 0. The lowest BCUT2D eigenvalue weighted by molar-refractivity contribution is -0.183. The van der Waals surface area contributed by atoms with Crippen LogP contribution < -0.4 is 5.73 Å². The van der Waals surface area contributed by atoms with Gasteiger partial charge in [0.05, 0.1) is 5.60 Å². The maximum Gasteiger partial charge on any atom is 0.0743 e. The molecule has 0 bridgehead atoms. The van der Waals surface area contributed by atoms with Crippen LogP contribution in [0.4, 0.5) is 0 Å². The molecule has 3 N–H and O–H groups in total. The molecule has 2 heteroatoms. The highest BCUT2D eigenvalue weighted by atomic mass is 16.3. The first-order valence-electron chi connectivity index (χ1n) is 6.48. The van der Waals surface area contributed by atoms with Crippen molar-refractivity contribution < 1.29 is 5.11 Å². The van der Waals surface area contributed by atoms with E-state index in [9.17, 15) is 5.11 Å². The molecule has 0 aromatic heterocycles. The highest BCUT2D eigenvalue weighted by molar-refractivity contribution is 5.08. The molecule has 0 spiro atoms. The second kappa shape index (κ2) is 3.74. The Morgan fingerprint density at radius 2 is 1.87 bits per heavy atom. The molecule has 2 aliphatic rings. The number of rotatable bonds is 2. The number of hydrogen-bond acceptors (Lipinski definition) is 2. The molecule has 0 aromatic carbocycles. The average Bonchev–Trinajstić information content (AvgIpc) is 2.13. The second-order valence-electron chi connectivity index (χ2n) is 5.92. The minimum atomic E-state index is -0.475. The van der Waals surface area contributed by atoms with Crippen molar-refractivity contribution in [2.75, 3.05) is 6.54 Å². The molecule has 3 unspecified atom stereocenters. The summed E-state index contributed by atoms with van der Waals surface area (Å²) in [5.41, 5.74) is 5.51. The van der Waals surface area contributed by atoms with Crippen molar-refractivity contribution in [3.8, 4) is 0 Å². The van der Waals surface area contributed by atoms with Gasteiger partial charge in [-0.2, -0.15) is 0 Å². The lowest BCUT2D eigenvalue weighted by Crippen LogP contribution is -2.62. The molecule has 2 fully saturated rings. The standard InChI is InChI=1S/C13H25NO/c1-10-5-3-8-13(15,11(10)2)12(9-14)6-4-7-12/h10-11,15H,3-9,14H2,1-2H3. The lowest BCUT2D eigenvalue weighted by atomic mass is 9.50. The second-order valence-corrected chi connectivity index (χ2v) is 5.92. The Morgan fingerprint density at radius 1 is 1.20 bits per heavy atom. The maximum absolute atomic E-state index is 11.0. The molecule has 0 saturated heterocycles. The van der Waals surface area contributed by atoms with Gasteiger partial charge in [0, 0.05) is 12.0 Å². The van der Waals surface area contributed by atoms with Crippen LogP contribution in [0.2, 0.25) is 0 Å². The molecule has 0 aliphatic heterocycles. The quantitative estimate of drug-likeness (QED) is 0.736. The smallest absolute Gasteiger partial charge is 0.0743 e. The molecule has 0 heterocycles. The molecule has 0 aromatic rings. The predicted octanol–water partition coefficient (Wildman–Crippen LogP) is 2.30. The van der Waals surface area contributed by atoms with Crippen molar-refractivity contribution in [2.45, 2.75) is 58.0 Å². The van der Waals surface area contributed by atoms with Crippen molar-refractivity contribution in [1.29, 1.82) is 0 Å². The van der Waals surface area contributed by atoms with Crippen molar-refractivity contribution >= 4 is 0 Å². The van der Waals surface area contributed by atoms with Gasteiger partial charge in [-0.25, -0.2) is 0 Å². The molecule has 2 rings (SSSR count). The molecule has 2 nitrogen and oxygen atoms in total. The largest absolute Gasteiger partial charge is 0.389 e. The van der Waals surface area contributed by atoms with Crippen molar-refractivity contribution in [1.82, 2.24) is 0 Å². The van der Waals surface area contributed by atoms with Gasteiger partial charge in [0.25, 0.3) is 0 Å². The van der Waals surface area contributed by atoms with E-state index < -0.39 is 5.60 Å². The first-order chi connectivity index (χ1) is 7.06. The van der Waals surface area contributed by atoms with E-state index in [2.05, 4.69) is 13.8 Å². The van der Waals surface area contributed by atoms with Crippen LogP contribution in [0, 0.1) is 17.3 Å². The van der Waals surface area contributed by atoms with E-state index in [1.54, 1.807) is 0 Å². The van der Waals surface area contributed by atoms with Crippen LogP contribution in [0.25, 0.3) is 0 Å². The lowest BCUT2D eigenvalue weighted by Gasteiger charge is -2.58. The summed E-state index contributed by atoms with van der Waals surface area (Å²) in [4.78, 5) is 0. The zero-order valence-corrected chi connectivity index (χ0v) is 10.1. The molecular weight excluding hydrogens is 186 g/mol. The highest BCUT2D eigenvalue weighted by Crippen LogP contribution is 2.56. The normalized spacial score (nSPS) is 44.8. The van der Waals surface area contributed by atoms with Crippen molar-refractivity contribution in [2.24, 2.45) is 23.0 Å². The van der Waals surface area contributed by atoms with E-state index in [-0.39, 0.29) is 5.41 Å². The molecule has 2 saturated carbocycles.